The summed E-state index contributed by atoms with van der Waals surface area (Å²) in [6.07, 6.45) is 1.81. The topological polar surface area (TPSA) is 43.4 Å². The van der Waals surface area contributed by atoms with E-state index in [1.165, 1.54) is 11.8 Å². The van der Waals surface area contributed by atoms with Crippen molar-refractivity contribution in [3.63, 3.8) is 0 Å². The van der Waals surface area contributed by atoms with Gasteiger partial charge in [0.05, 0.1) is 12.4 Å². The average molecular weight is 274 g/mol. The molecule has 0 aliphatic carbocycles. The lowest BCUT2D eigenvalue weighted by atomic mass is 10.2. The number of thioether (sulfide) groups is 1. The van der Waals surface area contributed by atoms with Crippen LogP contribution in [-0.4, -0.2) is 27.0 Å². The Morgan fingerprint density at radius 2 is 1.71 bits per heavy atom. The molecule has 1 atom stereocenters. The van der Waals surface area contributed by atoms with Gasteiger partial charge in [0.25, 0.3) is 0 Å². The average Bonchev–Trinajstić information content (AvgIpc) is 2.30. The van der Waals surface area contributed by atoms with Crippen LogP contribution in [0, 0.1) is 0 Å². The van der Waals surface area contributed by atoms with Crippen molar-refractivity contribution < 1.29 is 13.2 Å². The van der Waals surface area contributed by atoms with Gasteiger partial charge in [0, 0.05) is 0 Å². The zero-order valence-corrected chi connectivity index (χ0v) is 12.1. The van der Waals surface area contributed by atoms with Gasteiger partial charge in [-0.3, -0.25) is 0 Å². The number of methoxy groups -OCH3 is 1. The molecule has 17 heavy (non-hydrogen) atoms. The molecule has 0 saturated heterocycles. The van der Waals surface area contributed by atoms with Crippen molar-refractivity contribution in [2.24, 2.45) is 0 Å². The summed E-state index contributed by atoms with van der Waals surface area (Å²) in [5.41, 5.74) is 0.798. The predicted octanol–water partition coefficient (Wildman–Crippen LogP) is 2.88. The Labute approximate surface area is 107 Å². The highest BCUT2D eigenvalue weighted by Crippen LogP contribution is 2.35. The summed E-state index contributed by atoms with van der Waals surface area (Å²) < 4.78 is 28.9. The monoisotopic (exact) mass is 274 g/mol. The van der Waals surface area contributed by atoms with Crippen molar-refractivity contribution in [2.75, 3.05) is 13.4 Å². The van der Waals surface area contributed by atoms with Crippen molar-refractivity contribution in [3.8, 4) is 5.75 Å². The second kappa shape index (κ2) is 5.78. The van der Waals surface area contributed by atoms with Gasteiger partial charge in [-0.15, -0.1) is 11.8 Å². The van der Waals surface area contributed by atoms with Crippen molar-refractivity contribution >= 4 is 21.6 Å². The van der Waals surface area contributed by atoms with Crippen molar-refractivity contribution in [1.82, 2.24) is 0 Å². The molecule has 0 spiro atoms. The first-order valence-corrected chi connectivity index (χ1v) is 8.22. The first-order valence-electron chi connectivity index (χ1n) is 5.33. The maximum Gasteiger partial charge on any atom is 0.168 e. The smallest absolute Gasteiger partial charge is 0.168 e. The lowest BCUT2D eigenvalue weighted by Crippen LogP contribution is -2.20. The molecule has 0 fully saturated rings. The normalized spacial score (nSPS) is 13.7. The van der Waals surface area contributed by atoms with Gasteiger partial charge < -0.3 is 4.74 Å². The summed E-state index contributed by atoms with van der Waals surface area (Å²) in [4.78, 5) is 0. The minimum Gasteiger partial charge on any atom is -0.497 e. The molecular formula is C12H18O3S2. The van der Waals surface area contributed by atoms with E-state index < -0.39 is 14.4 Å². The molecule has 1 unspecified atom stereocenters. The predicted molar refractivity (Wildman–Crippen MR) is 73.3 cm³/mol. The summed E-state index contributed by atoms with van der Waals surface area (Å²) in [5, 5.41) is -0.373. The summed E-state index contributed by atoms with van der Waals surface area (Å²) in [5.74, 6) is 0.732. The highest BCUT2D eigenvalue weighted by Gasteiger charge is 2.29. The molecule has 0 aliphatic heterocycles. The third-order valence-corrected chi connectivity index (χ3v) is 6.82. The Hall–Kier alpha value is -0.680. The number of sulfone groups is 1. The second-order valence-electron chi connectivity index (χ2n) is 3.98. The van der Waals surface area contributed by atoms with Crippen LogP contribution in [0.25, 0.3) is 0 Å². The number of ether oxygens (including phenoxy) is 1. The fourth-order valence-electron chi connectivity index (χ4n) is 1.47. The summed E-state index contributed by atoms with van der Waals surface area (Å²) in [7, 11) is -1.55. The molecule has 0 heterocycles. The Balaban J connectivity index is 3.10. The molecule has 1 aromatic rings. The number of hydrogen-bond donors (Lipinski definition) is 0. The highest BCUT2D eigenvalue weighted by molar-refractivity contribution is 8.12. The molecule has 1 rings (SSSR count). The van der Waals surface area contributed by atoms with Gasteiger partial charge >= 0.3 is 0 Å². The highest BCUT2D eigenvalue weighted by atomic mass is 32.3. The van der Waals surface area contributed by atoms with E-state index in [2.05, 4.69) is 0 Å². The van der Waals surface area contributed by atoms with E-state index in [1.54, 1.807) is 45.2 Å². The largest absolute Gasteiger partial charge is 0.497 e. The van der Waals surface area contributed by atoms with Crippen LogP contribution in [0.5, 0.6) is 5.75 Å². The standard InChI is InChI=1S/C12H18O3S2/c1-9(2)17(13,14)12(16-4)10-5-7-11(15-3)8-6-10/h5-9,12H,1-4H3. The molecule has 0 aliphatic rings. The molecular weight excluding hydrogens is 256 g/mol. The minimum absolute atomic E-state index is 0.373. The third kappa shape index (κ3) is 3.16. The van der Waals surface area contributed by atoms with E-state index in [0.29, 0.717) is 0 Å². The van der Waals surface area contributed by atoms with E-state index >= 15 is 0 Å². The van der Waals surface area contributed by atoms with Crippen molar-refractivity contribution in [3.05, 3.63) is 29.8 Å². The van der Waals surface area contributed by atoms with Crippen LogP contribution in [0.1, 0.15) is 24.0 Å². The summed E-state index contributed by atoms with van der Waals surface area (Å²) in [6.45, 7) is 3.42. The van der Waals surface area contributed by atoms with Gasteiger partial charge in [-0.25, -0.2) is 8.42 Å². The van der Waals surface area contributed by atoms with Gasteiger partial charge in [0.15, 0.2) is 9.84 Å². The Bertz CT molecular complexity index is 449. The first kappa shape index (κ1) is 14.4. The Morgan fingerprint density at radius 1 is 1.18 bits per heavy atom. The maximum absolute atomic E-state index is 12.2. The Kier molecular flexibility index (Phi) is 4.89. The zero-order chi connectivity index (χ0) is 13.1. The molecule has 1 aromatic carbocycles. The van der Waals surface area contributed by atoms with Crippen LogP contribution >= 0.6 is 11.8 Å². The summed E-state index contributed by atoms with van der Waals surface area (Å²) in [6, 6.07) is 7.18. The van der Waals surface area contributed by atoms with Crippen LogP contribution in [0.2, 0.25) is 0 Å². The van der Waals surface area contributed by atoms with Gasteiger partial charge in [-0.1, -0.05) is 12.1 Å². The zero-order valence-electron chi connectivity index (χ0n) is 10.5. The van der Waals surface area contributed by atoms with E-state index in [0.717, 1.165) is 11.3 Å². The van der Waals surface area contributed by atoms with E-state index in [9.17, 15) is 8.42 Å². The molecule has 0 radical (unpaired) electrons. The second-order valence-corrected chi connectivity index (χ2v) is 7.81. The van der Waals surface area contributed by atoms with Crippen molar-refractivity contribution in [2.45, 2.75) is 23.7 Å². The van der Waals surface area contributed by atoms with Crippen LogP contribution in [0.3, 0.4) is 0 Å². The molecule has 5 heteroatoms. The molecule has 0 bridgehead atoms. The van der Waals surface area contributed by atoms with E-state index in [4.69, 9.17) is 4.74 Å². The molecule has 0 N–H and O–H groups in total. The molecule has 0 aromatic heterocycles. The lowest BCUT2D eigenvalue weighted by Gasteiger charge is -2.18. The molecule has 3 nitrogen and oxygen atoms in total. The quantitative estimate of drug-likeness (QED) is 0.828. The van der Waals surface area contributed by atoms with Crippen LogP contribution in [-0.2, 0) is 9.84 Å². The third-order valence-electron chi connectivity index (χ3n) is 2.56. The number of hydrogen-bond acceptors (Lipinski definition) is 4. The molecule has 0 saturated carbocycles. The van der Waals surface area contributed by atoms with Crippen molar-refractivity contribution in [1.29, 1.82) is 0 Å². The Morgan fingerprint density at radius 3 is 2.06 bits per heavy atom. The van der Waals surface area contributed by atoms with Crippen LogP contribution in [0.15, 0.2) is 24.3 Å². The number of rotatable bonds is 5. The van der Waals surface area contributed by atoms with E-state index in [-0.39, 0.29) is 5.25 Å². The van der Waals surface area contributed by atoms with Gasteiger partial charge in [0.2, 0.25) is 0 Å². The van der Waals surface area contributed by atoms with Gasteiger partial charge in [-0.2, -0.15) is 0 Å². The fourth-order valence-corrected chi connectivity index (χ4v) is 4.67. The maximum atomic E-state index is 12.2. The lowest BCUT2D eigenvalue weighted by molar-refractivity contribution is 0.414. The molecule has 96 valence electrons. The SMILES string of the molecule is COc1ccc(C(SC)S(=O)(=O)C(C)C)cc1. The van der Waals surface area contributed by atoms with Crippen LogP contribution < -0.4 is 4.74 Å². The number of benzene rings is 1. The van der Waals surface area contributed by atoms with Crippen LogP contribution in [0.4, 0.5) is 0 Å². The minimum atomic E-state index is -3.14. The van der Waals surface area contributed by atoms with Gasteiger partial charge in [0.1, 0.15) is 10.3 Å². The first-order chi connectivity index (χ1) is 7.93. The summed E-state index contributed by atoms with van der Waals surface area (Å²) >= 11 is 1.34. The fraction of sp³-hybridized carbons (Fsp3) is 0.500. The molecule has 0 amide bonds. The van der Waals surface area contributed by atoms with Gasteiger partial charge in [-0.05, 0) is 37.8 Å². The van der Waals surface area contributed by atoms with E-state index in [1.807, 2.05) is 6.26 Å².